The molecule has 0 spiro atoms. The summed E-state index contributed by atoms with van der Waals surface area (Å²) in [6, 6.07) is 9.34. The smallest absolute Gasteiger partial charge is 0.337 e. The van der Waals surface area contributed by atoms with Crippen LogP contribution in [0.3, 0.4) is 0 Å². The van der Waals surface area contributed by atoms with Gasteiger partial charge < -0.3 is 14.2 Å². The fraction of sp³-hybridized carbons (Fsp3) is 0.500. The zero-order valence-electron chi connectivity index (χ0n) is 14.6. The van der Waals surface area contributed by atoms with Gasteiger partial charge in [-0.05, 0) is 18.4 Å². The molecule has 2 rings (SSSR count). The second-order valence-electron chi connectivity index (χ2n) is 6.00. The first-order chi connectivity index (χ1) is 12.0. The second kappa shape index (κ2) is 8.11. The largest absolute Gasteiger partial charge is 0.469 e. The summed E-state index contributed by atoms with van der Waals surface area (Å²) in [6.45, 7) is 0. The molecule has 1 aliphatic heterocycles. The first-order valence-electron chi connectivity index (χ1n) is 8.04. The summed E-state index contributed by atoms with van der Waals surface area (Å²) >= 11 is 0. The van der Waals surface area contributed by atoms with Gasteiger partial charge >= 0.3 is 17.9 Å². The summed E-state index contributed by atoms with van der Waals surface area (Å²) in [6.07, 6.45) is 1.18. The van der Waals surface area contributed by atoms with E-state index in [1.807, 2.05) is 30.3 Å². The maximum absolute atomic E-state index is 12.3. The number of carbonyl (C=O) groups is 3. The predicted octanol–water partition coefficient (Wildman–Crippen LogP) is 0.855. The van der Waals surface area contributed by atoms with Gasteiger partial charge in [0.25, 0.3) is 0 Å². The van der Waals surface area contributed by atoms with Crippen molar-refractivity contribution in [3.63, 3.8) is 0 Å². The molecule has 7 nitrogen and oxygen atoms in total. The number of hydrogen-bond acceptors (Lipinski definition) is 7. The van der Waals surface area contributed by atoms with Crippen molar-refractivity contribution in [2.45, 2.75) is 30.8 Å². The molecular weight excluding hydrogens is 326 g/mol. The molecule has 7 heteroatoms. The van der Waals surface area contributed by atoms with Gasteiger partial charge in [0.1, 0.15) is 0 Å². The third kappa shape index (κ3) is 3.82. The molecule has 0 amide bonds. The van der Waals surface area contributed by atoms with Crippen LogP contribution >= 0.6 is 0 Å². The molecule has 0 saturated carbocycles. The van der Waals surface area contributed by atoms with E-state index in [-0.39, 0.29) is 6.42 Å². The molecule has 0 unspecified atom stereocenters. The van der Waals surface area contributed by atoms with Crippen LogP contribution in [0, 0.1) is 5.92 Å². The Balaban J connectivity index is 2.24. The molecule has 0 aromatic heterocycles. The van der Waals surface area contributed by atoms with Crippen LogP contribution in [0.2, 0.25) is 0 Å². The third-order valence-corrected chi connectivity index (χ3v) is 4.60. The monoisotopic (exact) mass is 349 g/mol. The van der Waals surface area contributed by atoms with E-state index in [4.69, 9.17) is 14.2 Å². The average Bonchev–Trinajstić information content (AvgIpc) is 3.06. The lowest BCUT2D eigenvalue weighted by molar-refractivity contribution is -0.162. The van der Waals surface area contributed by atoms with E-state index in [0.29, 0.717) is 12.8 Å². The van der Waals surface area contributed by atoms with Gasteiger partial charge in [-0.3, -0.25) is 10.1 Å². The average molecular weight is 349 g/mol. The Kier molecular flexibility index (Phi) is 6.14. The van der Waals surface area contributed by atoms with Crippen molar-refractivity contribution in [3.8, 4) is 0 Å². The first-order valence-corrected chi connectivity index (χ1v) is 8.04. The standard InChI is InChI=1S/C18H23NO6/c1-23-15(20)13-11-18(16(21)24-2,17(22)25-3)19-14(13)10-9-12-7-5-4-6-8-12/h4-8,13-14,19H,9-11H2,1-3H3/t13-,14-/m1/s1. The van der Waals surface area contributed by atoms with Gasteiger partial charge in [-0.2, -0.15) is 0 Å². The van der Waals surface area contributed by atoms with Crippen LogP contribution < -0.4 is 5.32 Å². The molecule has 25 heavy (non-hydrogen) atoms. The van der Waals surface area contributed by atoms with E-state index < -0.39 is 35.4 Å². The Morgan fingerprint density at radius 1 is 1.04 bits per heavy atom. The number of nitrogens with one attached hydrogen (secondary N) is 1. The van der Waals surface area contributed by atoms with Crippen LogP contribution in [0.5, 0.6) is 0 Å². The van der Waals surface area contributed by atoms with Gasteiger partial charge in [-0.1, -0.05) is 30.3 Å². The maximum atomic E-state index is 12.3. The SMILES string of the molecule is COC(=O)[C@@H]1CC(C(=O)OC)(C(=O)OC)N[C@@H]1CCc1ccccc1. The highest BCUT2D eigenvalue weighted by Gasteiger charge is 2.59. The fourth-order valence-corrected chi connectivity index (χ4v) is 3.30. The van der Waals surface area contributed by atoms with E-state index in [1.54, 1.807) is 0 Å². The van der Waals surface area contributed by atoms with Gasteiger partial charge in [0.15, 0.2) is 0 Å². The van der Waals surface area contributed by atoms with Crippen molar-refractivity contribution in [1.82, 2.24) is 5.32 Å². The fourth-order valence-electron chi connectivity index (χ4n) is 3.30. The Bertz CT molecular complexity index is 614. The van der Waals surface area contributed by atoms with Gasteiger partial charge in [-0.25, -0.2) is 9.59 Å². The minimum absolute atomic E-state index is 0.0571. The van der Waals surface area contributed by atoms with Crippen LogP contribution in [0.15, 0.2) is 30.3 Å². The highest BCUT2D eigenvalue weighted by molar-refractivity contribution is 6.06. The van der Waals surface area contributed by atoms with Crippen LogP contribution in [-0.2, 0) is 35.0 Å². The topological polar surface area (TPSA) is 90.9 Å². The molecular formula is C18H23NO6. The first kappa shape index (κ1) is 18.9. The molecule has 1 aromatic rings. The van der Waals surface area contributed by atoms with Crippen molar-refractivity contribution in [2.75, 3.05) is 21.3 Å². The van der Waals surface area contributed by atoms with Gasteiger partial charge in [0.2, 0.25) is 5.54 Å². The minimum Gasteiger partial charge on any atom is -0.469 e. The molecule has 0 radical (unpaired) electrons. The number of methoxy groups -OCH3 is 3. The lowest BCUT2D eigenvalue weighted by Gasteiger charge is -2.24. The minimum atomic E-state index is -1.69. The molecule has 1 heterocycles. The van der Waals surface area contributed by atoms with Crippen molar-refractivity contribution >= 4 is 17.9 Å². The highest BCUT2D eigenvalue weighted by atomic mass is 16.5. The predicted molar refractivity (Wildman–Crippen MR) is 88.6 cm³/mol. The quantitative estimate of drug-likeness (QED) is 0.463. The molecule has 2 atom stereocenters. The molecule has 1 N–H and O–H groups in total. The van der Waals surface area contributed by atoms with Gasteiger partial charge in [0, 0.05) is 12.5 Å². The van der Waals surface area contributed by atoms with Crippen LogP contribution in [0.25, 0.3) is 0 Å². The Morgan fingerprint density at radius 3 is 2.16 bits per heavy atom. The molecule has 0 bridgehead atoms. The Hall–Kier alpha value is -2.41. The second-order valence-corrected chi connectivity index (χ2v) is 6.00. The zero-order chi connectivity index (χ0) is 18.4. The zero-order valence-corrected chi connectivity index (χ0v) is 14.6. The Morgan fingerprint density at radius 2 is 1.64 bits per heavy atom. The molecule has 1 aromatic carbocycles. The number of carbonyl (C=O) groups excluding carboxylic acids is 3. The van der Waals surface area contributed by atoms with Crippen molar-refractivity contribution in [1.29, 1.82) is 0 Å². The summed E-state index contributed by atoms with van der Waals surface area (Å²) < 4.78 is 14.4. The summed E-state index contributed by atoms with van der Waals surface area (Å²) in [5, 5.41) is 2.99. The van der Waals surface area contributed by atoms with Crippen LogP contribution in [-0.4, -0.2) is 50.8 Å². The Labute approximate surface area is 146 Å². The number of rotatable bonds is 6. The lowest BCUT2D eigenvalue weighted by Crippen LogP contribution is -2.57. The van der Waals surface area contributed by atoms with Gasteiger partial charge in [-0.15, -0.1) is 0 Å². The van der Waals surface area contributed by atoms with E-state index in [1.165, 1.54) is 21.3 Å². The number of aryl methyl sites for hydroxylation is 1. The summed E-state index contributed by atoms with van der Waals surface area (Å²) in [4.78, 5) is 36.7. The molecule has 136 valence electrons. The van der Waals surface area contributed by atoms with E-state index in [2.05, 4.69) is 5.32 Å². The third-order valence-electron chi connectivity index (χ3n) is 4.60. The maximum Gasteiger partial charge on any atom is 0.337 e. The van der Waals surface area contributed by atoms with Crippen LogP contribution in [0.1, 0.15) is 18.4 Å². The number of hydrogen-bond donors (Lipinski definition) is 1. The summed E-state index contributed by atoms with van der Waals surface area (Å²) in [7, 11) is 3.67. The molecule has 1 fully saturated rings. The van der Waals surface area contributed by atoms with Gasteiger partial charge in [0.05, 0.1) is 27.2 Å². The normalized spacial score (nSPS) is 21.4. The lowest BCUT2D eigenvalue weighted by atomic mass is 9.89. The summed E-state index contributed by atoms with van der Waals surface area (Å²) in [5.41, 5.74) is -0.592. The van der Waals surface area contributed by atoms with Crippen molar-refractivity contribution in [2.24, 2.45) is 5.92 Å². The number of ether oxygens (including phenoxy) is 3. The number of esters is 3. The molecule has 1 aliphatic rings. The summed E-state index contributed by atoms with van der Waals surface area (Å²) in [5.74, 6) is -2.65. The van der Waals surface area contributed by atoms with Crippen molar-refractivity contribution in [3.05, 3.63) is 35.9 Å². The molecule has 1 saturated heterocycles. The molecule has 0 aliphatic carbocycles. The number of benzene rings is 1. The van der Waals surface area contributed by atoms with Crippen molar-refractivity contribution < 1.29 is 28.6 Å². The van der Waals surface area contributed by atoms with E-state index in [0.717, 1.165) is 5.56 Å². The van der Waals surface area contributed by atoms with Crippen LogP contribution in [0.4, 0.5) is 0 Å². The van der Waals surface area contributed by atoms with E-state index >= 15 is 0 Å². The highest BCUT2D eigenvalue weighted by Crippen LogP contribution is 2.34. The van der Waals surface area contributed by atoms with E-state index in [9.17, 15) is 14.4 Å².